The van der Waals surface area contributed by atoms with Crippen molar-refractivity contribution in [3.8, 4) is 17.1 Å². The van der Waals surface area contributed by atoms with E-state index in [4.69, 9.17) is 28.9 Å². The lowest BCUT2D eigenvalue weighted by Gasteiger charge is -2.09. The van der Waals surface area contributed by atoms with Gasteiger partial charge >= 0.3 is 0 Å². The molecule has 0 saturated carbocycles. The number of tetrazole rings is 1. The van der Waals surface area contributed by atoms with Crippen molar-refractivity contribution >= 4 is 28.9 Å². The van der Waals surface area contributed by atoms with Crippen LogP contribution in [0.5, 0.6) is 0 Å². The zero-order valence-electron chi connectivity index (χ0n) is 10.5. The molecule has 0 bridgehead atoms. The number of anilines is 1. The highest BCUT2D eigenvalue weighted by Crippen LogP contribution is 2.31. The minimum Gasteiger partial charge on any atom is -0.398 e. The van der Waals surface area contributed by atoms with Gasteiger partial charge in [-0.15, -0.1) is 5.10 Å². The SMILES string of the molecule is Nc1cc(F)ccc1-c1nnnn1-c1cccc(Cl)c1Cl. The van der Waals surface area contributed by atoms with E-state index in [1.54, 1.807) is 18.2 Å². The van der Waals surface area contributed by atoms with Crippen molar-refractivity contribution in [3.05, 3.63) is 52.3 Å². The second kappa shape index (κ2) is 5.31. The van der Waals surface area contributed by atoms with Crippen LogP contribution in [0.1, 0.15) is 0 Å². The highest BCUT2D eigenvalue weighted by atomic mass is 35.5. The van der Waals surface area contributed by atoms with Crippen LogP contribution in [-0.4, -0.2) is 20.2 Å². The summed E-state index contributed by atoms with van der Waals surface area (Å²) in [4.78, 5) is 0. The van der Waals surface area contributed by atoms with Gasteiger partial charge in [0.05, 0.1) is 15.7 Å². The number of nitrogen functional groups attached to an aromatic ring is 1. The van der Waals surface area contributed by atoms with E-state index < -0.39 is 5.82 Å². The molecular formula is C13H8Cl2FN5. The predicted molar refractivity (Wildman–Crippen MR) is 79.0 cm³/mol. The van der Waals surface area contributed by atoms with Crippen molar-refractivity contribution in [2.75, 3.05) is 5.73 Å². The molecule has 0 unspecified atom stereocenters. The van der Waals surface area contributed by atoms with E-state index >= 15 is 0 Å². The number of rotatable bonds is 2. The van der Waals surface area contributed by atoms with Crippen LogP contribution in [0.2, 0.25) is 10.0 Å². The minimum atomic E-state index is -0.434. The lowest BCUT2D eigenvalue weighted by Crippen LogP contribution is -2.03. The molecule has 5 nitrogen and oxygen atoms in total. The summed E-state index contributed by atoms with van der Waals surface area (Å²) in [5.41, 5.74) is 7.05. The summed E-state index contributed by atoms with van der Waals surface area (Å²) in [5.74, 6) is -0.0901. The number of halogens is 3. The summed E-state index contributed by atoms with van der Waals surface area (Å²) < 4.78 is 14.6. The van der Waals surface area contributed by atoms with Gasteiger partial charge in [-0.2, -0.15) is 4.68 Å². The lowest BCUT2D eigenvalue weighted by atomic mass is 10.1. The van der Waals surface area contributed by atoms with Crippen molar-refractivity contribution in [1.29, 1.82) is 0 Å². The van der Waals surface area contributed by atoms with Crippen LogP contribution < -0.4 is 5.73 Å². The quantitative estimate of drug-likeness (QED) is 0.734. The van der Waals surface area contributed by atoms with Gasteiger partial charge in [-0.3, -0.25) is 0 Å². The van der Waals surface area contributed by atoms with Gasteiger partial charge in [0.25, 0.3) is 0 Å². The molecule has 1 heterocycles. The van der Waals surface area contributed by atoms with Crippen LogP contribution in [0.25, 0.3) is 17.1 Å². The van der Waals surface area contributed by atoms with Gasteiger partial charge in [-0.1, -0.05) is 29.3 Å². The largest absolute Gasteiger partial charge is 0.398 e. The number of nitrogens with zero attached hydrogens (tertiary/aromatic N) is 4. The molecule has 0 aliphatic heterocycles. The van der Waals surface area contributed by atoms with Crippen molar-refractivity contribution in [1.82, 2.24) is 20.2 Å². The summed E-state index contributed by atoms with van der Waals surface area (Å²) in [6.07, 6.45) is 0. The Hall–Kier alpha value is -2.18. The highest BCUT2D eigenvalue weighted by Gasteiger charge is 2.16. The van der Waals surface area contributed by atoms with E-state index in [1.165, 1.54) is 22.9 Å². The van der Waals surface area contributed by atoms with Gasteiger partial charge in [0.15, 0.2) is 5.82 Å². The molecule has 1 aromatic heterocycles. The smallest absolute Gasteiger partial charge is 0.189 e. The maximum atomic E-state index is 13.2. The van der Waals surface area contributed by atoms with Crippen LogP contribution in [0.4, 0.5) is 10.1 Å². The minimum absolute atomic E-state index is 0.226. The van der Waals surface area contributed by atoms with Gasteiger partial charge in [-0.25, -0.2) is 4.39 Å². The van der Waals surface area contributed by atoms with E-state index in [0.717, 1.165) is 0 Å². The highest BCUT2D eigenvalue weighted by molar-refractivity contribution is 6.43. The van der Waals surface area contributed by atoms with Gasteiger partial charge in [0.1, 0.15) is 5.82 Å². The maximum Gasteiger partial charge on any atom is 0.189 e. The molecule has 0 amide bonds. The molecule has 0 spiro atoms. The summed E-state index contributed by atoms with van der Waals surface area (Å²) in [6.45, 7) is 0. The molecule has 0 saturated heterocycles. The summed E-state index contributed by atoms with van der Waals surface area (Å²) >= 11 is 12.2. The third kappa shape index (κ3) is 2.43. The number of hydrogen-bond donors (Lipinski definition) is 1. The van der Waals surface area contributed by atoms with Gasteiger partial charge in [0, 0.05) is 11.3 Å². The molecule has 0 aliphatic rings. The summed E-state index contributed by atoms with van der Waals surface area (Å²) in [6, 6.07) is 9.09. The number of benzene rings is 2. The second-order valence-corrected chi connectivity index (χ2v) is 5.00. The average molecular weight is 324 g/mol. The summed E-state index contributed by atoms with van der Waals surface area (Å²) in [5, 5.41) is 12.1. The predicted octanol–water partition coefficient (Wildman–Crippen LogP) is 3.36. The fraction of sp³-hybridized carbons (Fsp3) is 0. The van der Waals surface area contributed by atoms with E-state index in [9.17, 15) is 4.39 Å². The molecule has 3 rings (SSSR count). The molecule has 106 valence electrons. The molecule has 0 fully saturated rings. The normalized spacial score (nSPS) is 10.8. The number of nitrogens with two attached hydrogens (primary N) is 1. The van der Waals surface area contributed by atoms with Crippen molar-refractivity contribution in [3.63, 3.8) is 0 Å². The maximum absolute atomic E-state index is 13.2. The first-order chi connectivity index (χ1) is 10.1. The van der Waals surface area contributed by atoms with E-state index in [2.05, 4.69) is 15.5 Å². The molecule has 0 aliphatic carbocycles. The Morgan fingerprint density at radius 3 is 2.71 bits per heavy atom. The second-order valence-electron chi connectivity index (χ2n) is 4.22. The number of hydrogen-bond acceptors (Lipinski definition) is 4. The number of aromatic nitrogens is 4. The summed E-state index contributed by atoms with van der Waals surface area (Å²) in [7, 11) is 0. The van der Waals surface area contributed by atoms with E-state index in [-0.39, 0.29) is 5.69 Å². The third-order valence-corrected chi connectivity index (χ3v) is 3.69. The molecule has 2 N–H and O–H groups in total. The Bertz CT molecular complexity index is 818. The Labute approximate surface area is 129 Å². The molecule has 3 aromatic rings. The topological polar surface area (TPSA) is 69.6 Å². The van der Waals surface area contributed by atoms with Crippen LogP contribution in [0, 0.1) is 5.82 Å². The Kier molecular flexibility index (Phi) is 3.48. The Morgan fingerprint density at radius 1 is 1.14 bits per heavy atom. The Morgan fingerprint density at radius 2 is 1.95 bits per heavy atom. The van der Waals surface area contributed by atoms with Crippen molar-refractivity contribution in [2.24, 2.45) is 0 Å². The van der Waals surface area contributed by atoms with Crippen LogP contribution >= 0.6 is 23.2 Å². The monoisotopic (exact) mass is 323 g/mol. The van der Waals surface area contributed by atoms with Crippen LogP contribution in [0.3, 0.4) is 0 Å². The fourth-order valence-electron chi connectivity index (χ4n) is 1.91. The Balaban J connectivity index is 2.20. The molecule has 8 heteroatoms. The van der Waals surface area contributed by atoms with Crippen LogP contribution in [0.15, 0.2) is 36.4 Å². The van der Waals surface area contributed by atoms with Crippen molar-refractivity contribution < 1.29 is 4.39 Å². The van der Waals surface area contributed by atoms with E-state index in [1.807, 2.05) is 0 Å². The first-order valence-corrected chi connectivity index (χ1v) is 6.61. The van der Waals surface area contributed by atoms with Crippen molar-refractivity contribution in [2.45, 2.75) is 0 Å². The van der Waals surface area contributed by atoms with E-state index in [0.29, 0.717) is 27.1 Å². The lowest BCUT2D eigenvalue weighted by molar-refractivity contribution is 0.628. The standard InChI is InChI=1S/C13H8Cl2FN5/c14-9-2-1-3-11(12(9)15)21-13(18-19-20-21)8-5-4-7(16)6-10(8)17/h1-6H,17H2. The fourth-order valence-corrected chi connectivity index (χ4v) is 2.29. The molecule has 2 aromatic carbocycles. The average Bonchev–Trinajstić information content (AvgIpc) is 2.91. The van der Waals surface area contributed by atoms with Gasteiger partial charge in [-0.05, 0) is 40.8 Å². The molecule has 0 atom stereocenters. The first kappa shape index (κ1) is 13.8. The third-order valence-electron chi connectivity index (χ3n) is 2.88. The van der Waals surface area contributed by atoms with Gasteiger partial charge in [0.2, 0.25) is 0 Å². The molecule has 0 radical (unpaired) electrons. The van der Waals surface area contributed by atoms with Gasteiger partial charge < -0.3 is 5.73 Å². The molecular weight excluding hydrogens is 316 g/mol. The molecule has 21 heavy (non-hydrogen) atoms. The first-order valence-electron chi connectivity index (χ1n) is 5.86. The zero-order valence-corrected chi connectivity index (χ0v) is 12.0. The van der Waals surface area contributed by atoms with Crippen LogP contribution in [-0.2, 0) is 0 Å². The zero-order chi connectivity index (χ0) is 15.0.